The molecule has 0 unspecified atom stereocenters. The summed E-state index contributed by atoms with van der Waals surface area (Å²) in [6, 6.07) is 7.29. The highest BCUT2D eigenvalue weighted by Gasteiger charge is 2.47. The average Bonchev–Trinajstić information content (AvgIpc) is 3.37. The zero-order valence-electron chi connectivity index (χ0n) is 16.4. The van der Waals surface area contributed by atoms with Crippen LogP contribution < -0.4 is 0 Å². The normalized spacial score (nSPS) is 22.2. The number of thioether (sulfide) groups is 1. The van der Waals surface area contributed by atoms with Gasteiger partial charge in [-0.05, 0) is 37.3 Å². The molecule has 2 amide bonds. The Bertz CT molecular complexity index is 727. The largest absolute Gasteiger partial charge is 0.342 e. The van der Waals surface area contributed by atoms with Crippen molar-refractivity contribution in [3.8, 4) is 0 Å². The Balaban J connectivity index is 1.36. The van der Waals surface area contributed by atoms with E-state index in [-0.39, 0.29) is 10.8 Å². The van der Waals surface area contributed by atoms with Crippen LogP contribution in [0, 0.1) is 5.92 Å². The van der Waals surface area contributed by atoms with E-state index < -0.39 is 0 Å². The molecule has 1 saturated carbocycles. The van der Waals surface area contributed by atoms with E-state index in [4.69, 9.17) is 11.6 Å². The maximum Gasteiger partial charge on any atom is 0.256 e. The van der Waals surface area contributed by atoms with Crippen LogP contribution >= 0.6 is 23.4 Å². The van der Waals surface area contributed by atoms with Crippen LogP contribution in [0.25, 0.3) is 0 Å². The van der Waals surface area contributed by atoms with Gasteiger partial charge in [-0.1, -0.05) is 49.4 Å². The Morgan fingerprint density at radius 1 is 1.11 bits per heavy atom. The maximum atomic E-state index is 13.2. The van der Waals surface area contributed by atoms with Gasteiger partial charge in [0.2, 0.25) is 5.91 Å². The fourth-order valence-electron chi connectivity index (χ4n) is 4.98. The number of carbonyl (C=O) groups is 2. The van der Waals surface area contributed by atoms with Gasteiger partial charge in [-0.15, -0.1) is 11.8 Å². The van der Waals surface area contributed by atoms with Crippen LogP contribution in [0.4, 0.5) is 0 Å². The second kappa shape index (κ2) is 8.66. The van der Waals surface area contributed by atoms with Crippen LogP contribution in [0.1, 0.15) is 61.7 Å². The van der Waals surface area contributed by atoms with E-state index in [0.717, 1.165) is 50.6 Å². The molecule has 6 heteroatoms. The van der Waals surface area contributed by atoms with Crippen LogP contribution in [0.3, 0.4) is 0 Å². The molecule has 152 valence electrons. The lowest BCUT2D eigenvalue weighted by Crippen LogP contribution is -2.53. The minimum atomic E-state index is -0.182. The van der Waals surface area contributed by atoms with Crippen molar-refractivity contribution in [1.29, 1.82) is 0 Å². The molecule has 0 N–H and O–H groups in total. The minimum Gasteiger partial charge on any atom is -0.342 e. The van der Waals surface area contributed by atoms with Crippen LogP contribution in [0.2, 0.25) is 5.02 Å². The lowest BCUT2D eigenvalue weighted by atomic mass is 9.98. The Kier molecular flexibility index (Phi) is 6.21. The third-order valence-corrected chi connectivity index (χ3v) is 8.55. The molecule has 3 aliphatic rings. The predicted octanol–water partition coefficient (Wildman–Crippen LogP) is 4.82. The van der Waals surface area contributed by atoms with Crippen LogP contribution in [0.15, 0.2) is 24.3 Å². The van der Waals surface area contributed by atoms with Crippen molar-refractivity contribution in [3.63, 3.8) is 0 Å². The summed E-state index contributed by atoms with van der Waals surface area (Å²) in [6.45, 7) is 2.26. The topological polar surface area (TPSA) is 40.6 Å². The molecule has 3 fully saturated rings. The molecule has 0 atom stereocenters. The summed E-state index contributed by atoms with van der Waals surface area (Å²) in [5.74, 6) is 2.03. The number of benzene rings is 1. The van der Waals surface area contributed by atoms with Crippen molar-refractivity contribution >= 4 is 35.2 Å². The molecule has 1 spiro atoms. The van der Waals surface area contributed by atoms with Gasteiger partial charge >= 0.3 is 0 Å². The predicted molar refractivity (Wildman–Crippen MR) is 115 cm³/mol. The molecule has 28 heavy (non-hydrogen) atoms. The summed E-state index contributed by atoms with van der Waals surface area (Å²) in [5, 5.41) is 0.513. The molecule has 0 radical (unpaired) electrons. The summed E-state index contributed by atoms with van der Waals surface area (Å²) in [7, 11) is 0. The number of likely N-dealkylation sites (tertiary alicyclic amines) is 1. The van der Waals surface area contributed by atoms with Crippen LogP contribution in [-0.4, -0.2) is 51.9 Å². The molecule has 1 aromatic carbocycles. The van der Waals surface area contributed by atoms with Crippen molar-refractivity contribution < 1.29 is 9.59 Å². The Morgan fingerprint density at radius 3 is 2.54 bits per heavy atom. The molecule has 2 aliphatic heterocycles. The van der Waals surface area contributed by atoms with Crippen molar-refractivity contribution in [1.82, 2.24) is 9.80 Å². The van der Waals surface area contributed by atoms with Gasteiger partial charge in [-0.2, -0.15) is 0 Å². The molecular weight excluding hydrogens is 392 g/mol. The van der Waals surface area contributed by atoms with Crippen LogP contribution in [-0.2, 0) is 4.79 Å². The molecule has 4 rings (SSSR count). The highest BCUT2D eigenvalue weighted by atomic mass is 35.5. The summed E-state index contributed by atoms with van der Waals surface area (Å²) >= 11 is 8.15. The zero-order chi connectivity index (χ0) is 19.6. The summed E-state index contributed by atoms with van der Waals surface area (Å²) in [4.78, 5) is 29.7. The second-order valence-electron chi connectivity index (χ2n) is 8.30. The monoisotopic (exact) mass is 420 g/mol. The molecule has 4 nitrogen and oxygen atoms in total. The highest BCUT2D eigenvalue weighted by Crippen LogP contribution is 2.45. The Morgan fingerprint density at radius 2 is 1.82 bits per heavy atom. The first-order valence-electron chi connectivity index (χ1n) is 10.6. The number of piperidine rings is 1. The lowest BCUT2D eigenvalue weighted by molar-refractivity contribution is -0.133. The number of rotatable bonds is 4. The van der Waals surface area contributed by atoms with Gasteiger partial charge in [0.25, 0.3) is 5.91 Å². The molecule has 1 aromatic rings. The van der Waals surface area contributed by atoms with E-state index in [1.165, 1.54) is 25.7 Å². The maximum absolute atomic E-state index is 13.2. The zero-order valence-corrected chi connectivity index (χ0v) is 17.9. The Labute approximate surface area is 177 Å². The number of halogens is 1. The van der Waals surface area contributed by atoms with Gasteiger partial charge in [-0.25, -0.2) is 0 Å². The molecule has 1 aliphatic carbocycles. The first-order valence-corrected chi connectivity index (χ1v) is 11.9. The molecule has 0 aromatic heterocycles. The smallest absolute Gasteiger partial charge is 0.256 e. The van der Waals surface area contributed by atoms with E-state index in [2.05, 4.69) is 0 Å². The van der Waals surface area contributed by atoms with Crippen molar-refractivity contribution in [2.24, 2.45) is 5.92 Å². The quantitative estimate of drug-likeness (QED) is 0.701. The Hall–Kier alpha value is -1.20. The van der Waals surface area contributed by atoms with Gasteiger partial charge in [0.15, 0.2) is 0 Å². The van der Waals surface area contributed by atoms with Gasteiger partial charge in [0.1, 0.15) is 0 Å². The van der Waals surface area contributed by atoms with Gasteiger partial charge in [0.05, 0.1) is 15.5 Å². The van der Waals surface area contributed by atoms with E-state index >= 15 is 0 Å². The lowest BCUT2D eigenvalue weighted by Gasteiger charge is -2.44. The van der Waals surface area contributed by atoms with Crippen molar-refractivity contribution in [3.05, 3.63) is 34.9 Å². The number of carbonyl (C=O) groups excluding carboxylic acids is 2. The van der Waals surface area contributed by atoms with E-state index in [1.54, 1.807) is 6.07 Å². The fourth-order valence-corrected chi connectivity index (χ4v) is 6.65. The molecule has 0 bridgehead atoms. The average molecular weight is 421 g/mol. The van der Waals surface area contributed by atoms with Gasteiger partial charge < -0.3 is 9.80 Å². The number of amides is 2. The van der Waals surface area contributed by atoms with Gasteiger partial charge in [0, 0.05) is 31.8 Å². The molecule has 2 heterocycles. The third kappa shape index (κ3) is 4.06. The number of hydrogen-bond donors (Lipinski definition) is 0. The van der Waals surface area contributed by atoms with Crippen molar-refractivity contribution in [2.45, 2.75) is 56.2 Å². The fraction of sp³-hybridized carbons (Fsp3) is 0.636. The van der Waals surface area contributed by atoms with Gasteiger partial charge in [-0.3, -0.25) is 9.59 Å². The second-order valence-corrected chi connectivity index (χ2v) is 10.2. The first-order chi connectivity index (χ1) is 13.6. The summed E-state index contributed by atoms with van der Waals surface area (Å²) in [6.07, 6.45) is 8.69. The summed E-state index contributed by atoms with van der Waals surface area (Å²) in [5.41, 5.74) is 0.584. The third-order valence-electron chi connectivity index (χ3n) is 6.67. The van der Waals surface area contributed by atoms with Crippen molar-refractivity contribution in [2.75, 3.05) is 25.4 Å². The number of hydrogen-bond acceptors (Lipinski definition) is 3. The molecule has 2 saturated heterocycles. The SMILES string of the molecule is O=C(CCC1CCCC1)N1CCC2(CC1)SCCN2C(=O)c1ccccc1Cl. The van der Waals surface area contributed by atoms with E-state index in [0.29, 0.717) is 22.9 Å². The van der Waals surface area contributed by atoms with Crippen LogP contribution in [0.5, 0.6) is 0 Å². The number of nitrogens with zero attached hydrogens (tertiary/aromatic N) is 2. The summed E-state index contributed by atoms with van der Waals surface area (Å²) < 4.78 is 0. The molecular formula is C22H29ClN2O2S. The standard InChI is InChI=1S/C22H29ClN2O2S/c23-19-8-4-3-7-18(19)21(27)25-15-16-28-22(25)11-13-24(14-12-22)20(26)10-9-17-5-1-2-6-17/h3-4,7-8,17H,1-2,5-6,9-16H2. The van der Waals surface area contributed by atoms with E-state index in [1.807, 2.05) is 39.8 Å². The highest BCUT2D eigenvalue weighted by molar-refractivity contribution is 8.00. The minimum absolute atomic E-state index is 0.0246. The van der Waals surface area contributed by atoms with E-state index in [9.17, 15) is 9.59 Å². The first kappa shape index (κ1) is 20.1.